The summed E-state index contributed by atoms with van der Waals surface area (Å²) < 4.78 is 0. The van der Waals surface area contributed by atoms with Gasteiger partial charge in [0.05, 0.1) is 5.92 Å². The molecule has 2 rings (SSSR count). The van der Waals surface area contributed by atoms with Crippen LogP contribution in [0.2, 0.25) is 0 Å². The normalized spacial score (nSPS) is 25.6. The Kier molecular flexibility index (Phi) is 3.31. The van der Waals surface area contributed by atoms with E-state index in [0.29, 0.717) is 0 Å². The summed E-state index contributed by atoms with van der Waals surface area (Å²) in [6.45, 7) is 7.84. The van der Waals surface area contributed by atoms with Gasteiger partial charge in [-0.05, 0) is 38.0 Å². The molecule has 3 nitrogen and oxygen atoms in total. The maximum absolute atomic E-state index is 11.8. The van der Waals surface area contributed by atoms with Crippen molar-refractivity contribution in [2.45, 2.75) is 33.2 Å². The molecular formula is C16H19NO2. The lowest BCUT2D eigenvalue weighted by Gasteiger charge is -2.31. The van der Waals surface area contributed by atoms with Gasteiger partial charge < -0.3 is 0 Å². The maximum Gasteiger partial charge on any atom is 0.271 e. The first kappa shape index (κ1) is 13.5. The predicted octanol–water partition coefficient (Wildman–Crippen LogP) is 3.85. The lowest BCUT2D eigenvalue weighted by Crippen LogP contribution is -2.41. The lowest BCUT2D eigenvalue weighted by atomic mass is 9.73. The average molecular weight is 257 g/mol. The van der Waals surface area contributed by atoms with Crippen molar-refractivity contribution < 1.29 is 4.92 Å². The minimum atomic E-state index is -1.14. The number of hydrogen-bond donors (Lipinski definition) is 0. The second-order valence-corrected chi connectivity index (χ2v) is 5.39. The van der Waals surface area contributed by atoms with Gasteiger partial charge in [0.25, 0.3) is 5.54 Å². The van der Waals surface area contributed by atoms with Gasteiger partial charge in [0.1, 0.15) is 0 Å². The van der Waals surface area contributed by atoms with Crippen molar-refractivity contribution >= 4 is 0 Å². The molecule has 2 unspecified atom stereocenters. The summed E-state index contributed by atoms with van der Waals surface area (Å²) in [6, 6.07) is 4.04. The van der Waals surface area contributed by atoms with Crippen molar-refractivity contribution in [1.29, 1.82) is 0 Å². The molecule has 0 N–H and O–H groups in total. The van der Waals surface area contributed by atoms with E-state index >= 15 is 0 Å². The molecule has 1 aliphatic carbocycles. The van der Waals surface area contributed by atoms with E-state index < -0.39 is 5.54 Å². The quantitative estimate of drug-likeness (QED) is 0.596. The maximum atomic E-state index is 11.8. The van der Waals surface area contributed by atoms with Gasteiger partial charge in [-0.1, -0.05) is 42.8 Å². The minimum Gasteiger partial charge on any atom is -0.263 e. The Bertz CT molecular complexity index is 563. The SMILES string of the molecule is Cc1cc(C)c(C2([N+](=O)[O-])C=CC=CC2C)c(C)c1. The van der Waals surface area contributed by atoms with Crippen molar-refractivity contribution in [1.82, 2.24) is 0 Å². The first-order valence-corrected chi connectivity index (χ1v) is 6.48. The van der Waals surface area contributed by atoms with Gasteiger partial charge in [0.2, 0.25) is 0 Å². The van der Waals surface area contributed by atoms with Crippen molar-refractivity contribution in [3.63, 3.8) is 0 Å². The Morgan fingerprint density at radius 2 is 1.74 bits per heavy atom. The molecule has 0 saturated heterocycles. The van der Waals surface area contributed by atoms with Gasteiger partial charge in [-0.25, -0.2) is 0 Å². The molecule has 2 atom stereocenters. The van der Waals surface area contributed by atoms with Crippen molar-refractivity contribution in [3.05, 3.63) is 68.8 Å². The van der Waals surface area contributed by atoms with Crippen LogP contribution in [-0.4, -0.2) is 4.92 Å². The zero-order chi connectivity index (χ0) is 14.2. The van der Waals surface area contributed by atoms with Gasteiger partial charge in [-0.15, -0.1) is 0 Å². The zero-order valence-electron chi connectivity index (χ0n) is 11.8. The minimum absolute atomic E-state index is 0.150. The second kappa shape index (κ2) is 4.65. The fourth-order valence-corrected chi connectivity index (χ4v) is 3.17. The van der Waals surface area contributed by atoms with Crippen LogP contribution in [0.25, 0.3) is 0 Å². The highest BCUT2D eigenvalue weighted by atomic mass is 16.6. The van der Waals surface area contributed by atoms with Gasteiger partial charge in [-0.3, -0.25) is 10.1 Å². The fourth-order valence-electron chi connectivity index (χ4n) is 3.17. The van der Waals surface area contributed by atoms with E-state index in [1.165, 1.54) is 0 Å². The highest BCUT2D eigenvalue weighted by molar-refractivity contribution is 5.46. The molecule has 1 aromatic rings. The third-order valence-electron chi connectivity index (χ3n) is 3.94. The molecule has 0 bridgehead atoms. The van der Waals surface area contributed by atoms with Crippen LogP contribution in [0.1, 0.15) is 29.2 Å². The van der Waals surface area contributed by atoms with Gasteiger partial charge >= 0.3 is 0 Å². The fraction of sp³-hybridized carbons (Fsp3) is 0.375. The van der Waals surface area contributed by atoms with Crippen molar-refractivity contribution in [3.8, 4) is 0 Å². The number of hydrogen-bond acceptors (Lipinski definition) is 2. The Morgan fingerprint density at radius 3 is 2.21 bits per heavy atom. The number of nitro groups is 1. The van der Waals surface area contributed by atoms with Crippen LogP contribution in [0.5, 0.6) is 0 Å². The Morgan fingerprint density at radius 1 is 1.16 bits per heavy atom. The van der Waals surface area contributed by atoms with E-state index in [9.17, 15) is 10.1 Å². The molecule has 19 heavy (non-hydrogen) atoms. The Hall–Kier alpha value is -1.90. The lowest BCUT2D eigenvalue weighted by molar-refractivity contribution is -0.572. The van der Waals surface area contributed by atoms with E-state index in [1.54, 1.807) is 12.2 Å². The monoisotopic (exact) mass is 257 g/mol. The number of nitrogens with zero attached hydrogens (tertiary/aromatic N) is 1. The molecular weight excluding hydrogens is 238 g/mol. The van der Waals surface area contributed by atoms with Gasteiger partial charge in [-0.2, -0.15) is 0 Å². The third-order valence-corrected chi connectivity index (χ3v) is 3.94. The average Bonchev–Trinajstić information content (AvgIpc) is 2.29. The van der Waals surface area contributed by atoms with Crippen molar-refractivity contribution in [2.24, 2.45) is 5.92 Å². The molecule has 0 heterocycles. The predicted molar refractivity (Wildman–Crippen MR) is 76.8 cm³/mol. The van der Waals surface area contributed by atoms with E-state index in [0.717, 1.165) is 22.3 Å². The first-order valence-electron chi connectivity index (χ1n) is 6.48. The molecule has 0 amide bonds. The zero-order valence-corrected chi connectivity index (χ0v) is 11.8. The highest BCUT2D eigenvalue weighted by Crippen LogP contribution is 2.41. The smallest absolute Gasteiger partial charge is 0.263 e. The molecule has 0 spiro atoms. The first-order chi connectivity index (χ1) is 8.89. The van der Waals surface area contributed by atoms with Crippen LogP contribution in [0.3, 0.4) is 0 Å². The summed E-state index contributed by atoms with van der Waals surface area (Å²) in [7, 11) is 0. The molecule has 100 valence electrons. The molecule has 0 saturated carbocycles. The summed E-state index contributed by atoms with van der Waals surface area (Å²) in [4.78, 5) is 11.6. The number of rotatable bonds is 2. The molecule has 3 heteroatoms. The summed E-state index contributed by atoms with van der Waals surface area (Å²) >= 11 is 0. The second-order valence-electron chi connectivity index (χ2n) is 5.39. The number of benzene rings is 1. The van der Waals surface area contributed by atoms with Crippen molar-refractivity contribution in [2.75, 3.05) is 0 Å². The Labute approximate surface area is 113 Å². The standard InChI is InChI=1S/C16H19NO2/c1-11-9-12(2)15(13(3)10-11)16(17(18)19)8-6-5-7-14(16)4/h5-10,14H,1-4H3. The van der Waals surface area contributed by atoms with E-state index in [2.05, 4.69) is 0 Å². The molecule has 0 fully saturated rings. The van der Waals surface area contributed by atoms with Crippen LogP contribution in [0.15, 0.2) is 36.4 Å². The van der Waals surface area contributed by atoms with Crippen LogP contribution < -0.4 is 0 Å². The van der Waals surface area contributed by atoms with Gasteiger partial charge in [0, 0.05) is 10.5 Å². The van der Waals surface area contributed by atoms with E-state index in [4.69, 9.17) is 0 Å². The van der Waals surface area contributed by atoms with E-state index in [-0.39, 0.29) is 10.8 Å². The topological polar surface area (TPSA) is 43.1 Å². The van der Waals surface area contributed by atoms with Crippen LogP contribution >= 0.6 is 0 Å². The molecule has 0 aliphatic heterocycles. The summed E-state index contributed by atoms with van der Waals surface area (Å²) in [5.74, 6) is -0.160. The summed E-state index contributed by atoms with van der Waals surface area (Å²) in [5, 5.41) is 11.8. The van der Waals surface area contributed by atoms with Gasteiger partial charge in [0.15, 0.2) is 0 Å². The van der Waals surface area contributed by atoms with Crippen LogP contribution in [0.4, 0.5) is 0 Å². The van der Waals surface area contributed by atoms with E-state index in [1.807, 2.05) is 52.0 Å². The number of allylic oxidation sites excluding steroid dienone is 2. The Balaban J connectivity index is 2.75. The molecule has 0 aromatic heterocycles. The summed E-state index contributed by atoms with van der Waals surface area (Å²) in [5.41, 5.74) is 2.80. The molecule has 1 aromatic carbocycles. The van der Waals surface area contributed by atoms with Crippen LogP contribution in [-0.2, 0) is 5.54 Å². The summed E-state index contributed by atoms with van der Waals surface area (Å²) in [6.07, 6.45) is 7.29. The largest absolute Gasteiger partial charge is 0.271 e. The molecule has 1 aliphatic rings. The van der Waals surface area contributed by atoms with Crippen LogP contribution in [0, 0.1) is 36.8 Å². The third kappa shape index (κ3) is 1.99. The molecule has 0 radical (unpaired) electrons. The highest BCUT2D eigenvalue weighted by Gasteiger charge is 2.49. The number of aryl methyl sites for hydroxylation is 3.